The highest BCUT2D eigenvalue weighted by Gasteiger charge is 2.17. The van der Waals surface area contributed by atoms with E-state index in [0.717, 1.165) is 44.0 Å². The van der Waals surface area contributed by atoms with Crippen molar-refractivity contribution in [2.45, 2.75) is 19.3 Å². The number of aryl methyl sites for hydroxylation is 2. The van der Waals surface area contributed by atoms with E-state index in [-0.39, 0.29) is 5.56 Å². The van der Waals surface area contributed by atoms with Gasteiger partial charge in [-0.2, -0.15) is 0 Å². The third-order valence-corrected chi connectivity index (χ3v) is 5.50. The average molecular weight is 292 g/mol. The normalized spacial score (nSPS) is 14.3. The van der Waals surface area contributed by atoms with E-state index in [4.69, 9.17) is 4.98 Å². The summed E-state index contributed by atoms with van der Waals surface area (Å²) in [6.07, 6.45) is 3.38. The van der Waals surface area contributed by atoms with Gasteiger partial charge in [-0.1, -0.05) is 18.2 Å². The minimum Gasteiger partial charge on any atom is -0.320 e. The number of nitrogens with zero attached hydrogens (tertiary/aromatic N) is 1. The van der Waals surface area contributed by atoms with Gasteiger partial charge in [-0.25, -0.2) is 4.98 Å². The number of benzene rings is 1. The molecule has 0 amide bonds. The van der Waals surface area contributed by atoms with Crippen molar-refractivity contribution in [3.8, 4) is 0 Å². The van der Waals surface area contributed by atoms with Gasteiger partial charge in [0.2, 0.25) is 0 Å². The van der Waals surface area contributed by atoms with E-state index in [2.05, 4.69) is 11.1 Å². The van der Waals surface area contributed by atoms with Gasteiger partial charge < -0.3 is 4.98 Å². The summed E-state index contributed by atoms with van der Waals surface area (Å²) in [6.45, 7) is 0. The topological polar surface area (TPSA) is 45.8 Å². The molecular weight excluding hydrogens is 280 g/mol. The van der Waals surface area contributed by atoms with Crippen LogP contribution in [0.3, 0.4) is 0 Å². The lowest BCUT2D eigenvalue weighted by Gasteiger charge is -1.99. The molecule has 0 bridgehead atoms. The number of thiophene rings is 1. The average Bonchev–Trinajstić information content (AvgIpc) is 3.09. The molecule has 0 aliphatic heterocycles. The van der Waals surface area contributed by atoms with Gasteiger partial charge in [0.15, 0.2) is 0 Å². The molecule has 5 rings (SSSR count). The second-order valence-corrected chi connectivity index (χ2v) is 6.61. The standard InChI is InChI=1S/C17H12N2OS/c20-16-11-6-2-1-5-10(11)15-14(19-16)12-8-9-4-3-7-13(9)18-17(12)21-15/h1-2,5-6,8H,3-4,7H2,(H,19,20). The van der Waals surface area contributed by atoms with E-state index < -0.39 is 0 Å². The molecule has 0 atom stereocenters. The Morgan fingerprint density at radius 2 is 1.95 bits per heavy atom. The van der Waals surface area contributed by atoms with Crippen molar-refractivity contribution in [1.82, 2.24) is 9.97 Å². The fraction of sp³-hybridized carbons (Fsp3) is 0.176. The molecule has 4 aromatic rings. The van der Waals surface area contributed by atoms with E-state index in [1.54, 1.807) is 11.3 Å². The molecule has 3 heterocycles. The smallest absolute Gasteiger partial charge is 0.256 e. The van der Waals surface area contributed by atoms with Crippen LogP contribution in [0, 0.1) is 0 Å². The van der Waals surface area contributed by atoms with Crippen LogP contribution in [-0.2, 0) is 12.8 Å². The lowest BCUT2D eigenvalue weighted by molar-refractivity contribution is 0.901. The first kappa shape index (κ1) is 11.5. The number of fused-ring (bicyclic) bond motifs is 6. The Kier molecular flexibility index (Phi) is 2.14. The largest absolute Gasteiger partial charge is 0.320 e. The number of pyridine rings is 2. The molecule has 4 heteroatoms. The first-order chi connectivity index (χ1) is 10.3. The Morgan fingerprint density at radius 3 is 2.86 bits per heavy atom. The number of hydrogen-bond donors (Lipinski definition) is 1. The minimum atomic E-state index is -0.0155. The summed E-state index contributed by atoms with van der Waals surface area (Å²) in [7, 11) is 0. The van der Waals surface area contributed by atoms with Gasteiger partial charge in [0.25, 0.3) is 5.56 Å². The van der Waals surface area contributed by atoms with Gasteiger partial charge in [-0.05, 0) is 37.0 Å². The molecule has 0 radical (unpaired) electrons. The van der Waals surface area contributed by atoms with Crippen LogP contribution >= 0.6 is 11.3 Å². The van der Waals surface area contributed by atoms with Crippen molar-refractivity contribution in [3.63, 3.8) is 0 Å². The van der Waals surface area contributed by atoms with Crippen molar-refractivity contribution in [2.24, 2.45) is 0 Å². The maximum Gasteiger partial charge on any atom is 0.256 e. The van der Waals surface area contributed by atoms with Gasteiger partial charge in [-0.15, -0.1) is 11.3 Å². The van der Waals surface area contributed by atoms with Gasteiger partial charge in [0, 0.05) is 21.9 Å². The predicted octanol–water partition coefficient (Wildman–Crippen LogP) is 3.78. The Hall–Kier alpha value is -2.20. The zero-order valence-corrected chi connectivity index (χ0v) is 12.1. The first-order valence-electron chi connectivity index (χ1n) is 7.17. The maximum atomic E-state index is 12.3. The maximum absolute atomic E-state index is 12.3. The van der Waals surface area contributed by atoms with Gasteiger partial charge in [0.1, 0.15) is 4.83 Å². The van der Waals surface area contributed by atoms with Crippen LogP contribution in [0.2, 0.25) is 0 Å². The molecular formula is C17H12N2OS. The molecule has 1 N–H and O–H groups in total. The van der Waals surface area contributed by atoms with Crippen molar-refractivity contribution in [2.75, 3.05) is 0 Å². The summed E-state index contributed by atoms with van der Waals surface area (Å²) < 4.78 is 1.14. The third kappa shape index (κ3) is 1.48. The van der Waals surface area contributed by atoms with Crippen molar-refractivity contribution in [1.29, 1.82) is 0 Å². The summed E-state index contributed by atoms with van der Waals surface area (Å²) in [5.74, 6) is 0. The van der Waals surface area contributed by atoms with Crippen LogP contribution in [0.1, 0.15) is 17.7 Å². The molecule has 3 nitrogen and oxygen atoms in total. The van der Waals surface area contributed by atoms with Crippen LogP contribution in [0.4, 0.5) is 0 Å². The molecule has 21 heavy (non-hydrogen) atoms. The molecule has 0 spiro atoms. The Balaban J connectivity index is 2.04. The summed E-state index contributed by atoms with van der Waals surface area (Å²) >= 11 is 1.68. The quantitative estimate of drug-likeness (QED) is 0.536. The monoisotopic (exact) mass is 292 g/mol. The van der Waals surface area contributed by atoms with Gasteiger partial charge >= 0.3 is 0 Å². The SMILES string of the molecule is O=c1[nH]c2c3cc4c(nc3sc2c2ccccc12)CCC4. The summed E-state index contributed by atoms with van der Waals surface area (Å²) in [6, 6.07) is 10.0. The third-order valence-electron chi connectivity index (χ3n) is 4.37. The number of aromatic amines is 1. The summed E-state index contributed by atoms with van der Waals surface area (Å²) in [5, 5.41) is 2.88. The zero-order valence-electron chi connectivity index (χ0n) is 11.3. The number of rotatable bonds is 0. The highest BCUT2D eigenvalue weighted by Crippen LogP contribution is 2.37. The van der Waals surface area contributed by atoms with Gasteiger partial charge in [-0.3, -0.25) is 4.79 Å². The molecule has 1 aliphatic rings. The van der Waals surface area contributed by atoms with Crippen LogP contribution in [0.25, 0.3) is 31.2 Å². The number of H-pyrrole nitrogens is 1. The summed E-state index contributed by atoms with van der Waals surface area (Å²) in [4.78, 5) is 21.2. The van der Waals surface area contributed by atoms with E-state index in [9.17, 15) is 4.79 Å². The molecule has 0 unspecified atom stereocenters. The molecule has 0 saturated heterocycles. The minimum absolute atomic E-state index is 0.0155. The highest BCUT2D eigenvalue weighted by molar-refractivity contribution is 7.26. The Labute approximate surface area is 124 Å². The van der Waals surface area contributed by atoms with E-state index in [0.29, 0.717) is 0 Å². The second-order valence-electron chi connectivity index (χ2n) is 5.61. The summed E-state index contributed by atoms with van der Waals surface area (Å²) in [5.41, 5.74) is 3.51. The van der Waals surface area contributed by atoms with Crippen molar-refractivity contribution in [3.05, 3.63) is 51.9 Å². The lowest BCUT2D eigenvalue weighted by atomic mass is 10.1. The van der Waals surface area contributed by atoms with Crippen LogP contribution in [-0.4, -0.2) is 9.97 Å². The fourth-order valence-corrected chi connectivity index (χ4v) is 4.52. The molecule has 0 fully saturated rings. The molecule has 0 saturated carbocycles. The second kappa shape index (κ2) is 3.92. The molecule has 1 aliphatic carbocycles. The zero-order chi connectivity index (χ0) is 14.0. The van der Waals surface area contributed by atoms with Crippen LogP contribution < -0.4 is 5.56 Å². The van der Waals surface area contributed by atoms with E-state index in [1.807, 2.05) is 24.3 Å². The van der Waals surface area contributed by atoms with Crippen molar-refractivity contribution < 1.29 is 0 Å². The van der Waals surface area contributed by atoms with E-state index >= 15 is 0 Å². The number of nitrogens with one attached hydrogen (secondary N) is 1. The van der Waals surface area contributed by atoms with Crippen LogP contribution in [0.15, 0.2) is 35.1 Å². The molecule has 102 valence electrons. The lowest BCUT2D eigenvalue weighted by Crippen LogP contribution is -2.05. The number of aromatic nitrogens is 2. The number of hydrogen-bond acceptors (Lipinski definition) is 3. The predicted molar refractivity (Wildman–Crippen MR) is 87.3 cm³/mol. The Morgan fingerprint density at radius 1 is 1.10 bits per heavy atom. The molecule has 1 aromatic carbocycles. The Bertz CT molecular complexity index is 1090. The first-order valence-corrected chi connectivity index (χ1v) is 7.99. The molecule has 3 aromatic heterocycles. The van der Waals surface area contributed by atoms with Crippen molar-refractivity contribution >= 4 is 42.5 Å². The van der Waals surface area contributed by atoms with Crippen LogP contribution in [0.5, 0.6) is 0 Å². The highest BCUT2D eigenvalue weighted by atomic mass is 32.1. The van der Waals surface area contributed by atoms with E-state index in [1.165, 1.54) is 17.7 Å². The fourth-order valence-electron chi connectivity index (χ4n) is 3.35. The van der Waals surface area contributed by atoms with Gasteiger partial charge in [0.05, 0.1) is 10.2 Å².